The van der Waals surface area contributed by atoms with E-state index in [1.54, 1.807) is 11.8 Å². The zero-order valence-corrected chi connectivity index (χ0v) is 29.0. The topological polar surface area (TPSA) is 168 Å². The summed E-state index contributed by atoms with van der Waals surface area (Å²) in [5, 5.41) is 20.2. The van der Waals surface area contributed by atoms with Gasteiger partial charge in [-0.05, 0) is 38.0 Å². The summed E-state index contributed by atoms with van der Waals surface area (Å²) in [6.45, 7) is 10.1. The Morgan fingerprint density at radius 3 is 2.51 bits per heavy atom. The second-order valence-electron chi connectivity index (χ2n) is 11.5. The third kappa shape index (κ3) is 10.4. The van der Waals surface area contributed by atoms with Crippen molar-refractivity contribution < 1.29 is 37.4 Å². The highest BCUT2D eigenvalue weighted by Crippen LogP contribution is 2.34. The van der Waals surface area contributed by atoms with Gasteiger partial charge in [0.2, 0.25) is 5.91 Å². The maximum Gasteiger partial charge on any atom is 0.416 e. The Morgan fingerprint density at radius 1 is 1.12 bits per heavy atom. The molecule has 2 aromatic rings. The average molecular weight is 737 g/mol. The van der Waals surface area contributed by atoms with E-state index in [1.165, 1.54) is 17.6 Å². The minimum atomic E-state index is -4.63. The van der Waals surface area contributed by atoms with Gasteiger partial charge in [-0.25, -0.2) is 15.0 Å². The van der Waals surface area contributed by atoms with Crippen molar-refractivity contribution in [1.29, 1.82) is 0 Å². The molecular weight excluding hydrogens is 697 g/mol. The van der Waals surface area contributed by atoms with Crippen LogP contribution in [0, 0.1) is 6.92 Å². The SMILES string of the molecule is C=NN(CC(=O)Nc1ccc(C(F)(F)F)cc1Cl)C(=O)/C(=C(/CC)N/C=N/CN1CCCOCC1)N1CCN(C(=O)c2ncnc(C)c2O)CC1. The second kappa shape index (κ2) is 17.9. The molecule has 15 nitrogen and oxygen atoms in total. The molecule has 2 aliphatic heterocycles. The number of hydrogen-bond donors (Lipinski definition) is 3. The van der Waals surface area contributed by atoms with Crippen LogP contribution < -0.4 is 10.6 Å². The number of aromatic nitrogens is 2. The number of aromatic hydroxyl groups is 1. The summed E-state index contributed by atoms with van der Waals surface area (Å²) in [6, 6.07) is 2.48. The second-order valence-corrected chi connectivity index (χ2v) is 11.9. The zero-order valence-electron chi connectivity index (χ0n) is 28.2. The van der Waals surface area contributed by atoms with Crippen LogP contribution in [0.1, 0.15) is 41.5 Å². The van der Waals surface area contributed by atoms with Crippen molar-refractivity contribution in [2.24, 2.45) is 10.1 Å². The summed E-state index contributed by atoms with van der Waals surface area (Å²) in [4.78, 5) is 58.1. The van der Waals surface area contributed by atoms with Gasteiger partial charge in [-0.1, -0.05) is 18.5 Å². The number of aliphatic imine (C=N–C) groups is 1. The molecule has 0 saturated carbocycles. The van der Waals surface area contributed by atoms with E-state index >= 15 is 0 Å². The van der Waals surface area contributed by atoms with Gasteiger partial charge < -0.3 is 30.3 Å². The molecule has 3 heterocycles. The van der Waals surface area contributed by atoms with E-state index < -0.39 is 36.0 Å². The molecule has 2 aliphatic rings. The standard InChI is InChI=1S/C32H40ClF3N10O5/c1-4-24(40-18-38-20-43-8-5-14-51-15-13-43)28(44-9-11-45(12-10-44)30(49)27-29(48)21(2)39-19-41-27)31(50)46(37-3)17-26(47)42-25-7-6-22(16-23(25)33)32(34,35)36/h6-7,16,18-19,48H,3-5,8-15,17,20H2,1-2H3,(H,38,40)(H,42,47)/b28-24+. The number of carbonyl (C=O) groups excluding carboxylic acids is 3. The van der Waals surface area contributed by atoms with Crippen LogP contribution in [0.25, 0.3) is 0 Å². The van der Waals surface area contributed by atoms with E-state index in [9.17, 15) is 32.7 Å². The Labute approximate surface area is 297 Å². The lowest BCUT2D eigenvalue weighted by Gasteiger charge is -2.38. The Kier molecular flexibility index (Phi) is 13.7. The van der Waals surface area contributed by atoms with E-state index in [1.807, 2.05) is 6.92 Å². The number of anilines is 1. The Morgan fingerprint density at radius 2 is 1.84 bits per heavy atom. The summed E-state index contributed by atoms with van der Waals surface area (Å²) in [6.07, 6.45) is -0.731. The lowest BCUT2D eigenvalue weighted by atomic mass is 10.1. The van der Waals surface area contributed by atoms with Crippen LogP contribution in [0.15, 0.2) is 46.0 Å². The van der Waals surface area contributed by atoms with Crippen molar-refractivity contribution >= 4 is 48.1 Å². The number of piperazine rings is 1. The van der Waals surface area contributed by atoms with Crippen LogP contribution in [0.5, 0.6) is 5.75 Å². The first kappa shape index (κ1) is 39.0. The van der Waals surface area contributed by atoms with Crippen LogP contribution in [0.4, 0.5) is 18.9 Å². The summed E-state index contributed by atoms with van der Waals surface area (Å²) in [7, 11) is 0. The van der Waals surface area contributed by atoms with Gasteiger partial charge in [0.1, 0.15) is 18.6 Å². The number of aryl methyl sites for hydroxylation is 1. The van der Waals surface area contributed by atoms with Gasteiger partial charge in [0, 0.05) is 58.3 Å². The lowest BCUT2D eigenvalue weighted by molar-refractivity contribution is -0.137. The van der Waals surface area contributed by atoms with Crippen LogP contribution in [-0.4, -0.2) is 131 Å². The van der Waals surface area contributed by atoms with E-state index in [4.69, 9.17) is 16.3 Å². The number of hydrogen-bond acceptors (Lipinski definition) is 11. The summed E-state index contributed by atoms with van der Waals surface area (Å²) < 4.78 is 44.8. The molecule has 2 fully saturated rings. The fourth-order valence-corrected chi connectivity index (χ4v) is 5.57. The highest BCUT2D eigenvalue weighted by molar-refractivity contribution is 6.33. The highest BCUT2D eigenvalue weighted by Gasteiger charge is 2.33. The molecule has 4 rings (SSSR count). The first-order valence-corrected chi connectivity index (χ1v) is 16.5. The van der Waals surface area contributed by atoms with Gasteiger partial charge in [-0.3, -0.25) is 24.3 Å². The molecule has 0 aliphatic carbocycles. The number of allylic oxidation sites excluding steroid dienone is 1. The molecule has 3 amide bonds. The Balaban J connectivity index is 1.54. The molecule has 19 heteroatoms. The van der Waals surface area contributed by atoms with E-state index in [2.05, 4.69) is 42.3 Å². The number of ether oxygens (including phenoxy) is 1. The number of rotatable bonds is 12. The molecule has 0 atom stereocenters. The number of alkyl halides is 3. The number of nitrogens with one attached hydrogen (secondary N) is 2. The molecule has 276 valence electrons. The normalized spacial score (nSPS) is 16.4. The molecule has 3 N–H and O–H groups in total. The first-order chi connectivity index (χ1) is 24.3. The van der Waals surface area contributed by atoms with Crippen LogP contribution in [-0.2, 0) is 20.5 Å². The maximum absolute atomic E-state index is 14.1. The largest absolute Gasteiger partial charge is 0.504 e. The molecule has 0 spiro atoms. The Hall–Kier alpha value is -4.81. The number of amides is 3. The molecule has 1 aromatic heterocycles. The van der Waals surface area contributed by atoms with Gasteiger partial charge >= 0.3 is 6.18 Å². The Bertz CT molecular complexity index is 1640. The number of carbonyl (C=O) groups is 3. The molecule has 0 bridgehead atoms. The third-order valence-electron chi connectivity index (χ3n) is 8.13. The van der Waals surface area contributed by atoms with E-state index in [-0.39, 0.29) is 59.7 Å². The number of halogens is 4. The molecule has 2 saturated heterocycles. The van der Waals surface area contributed by atoms with Crippen molar-refractivity contribution in [2.75, 3.05) is 71.0 Å². The molecule has 1 aromatic carbocycles. The van der Waals surface area contributed by atoms with Crippen molar-refractivity contribution in [2.45, 2.75) is 32.9 Å². The fourth-order valence-electron chi connectivity index (χ4n) is 5.35. The minimum Gasteiger partial charge on any atom is -0.504 e. The van der Waals surface area contributed by atoms with Gasteiger partial charge in [0.25, 0.3) is 11.8 Å². The zero-order chi connectivity index (χ0) is 37.1. The van der Waals surface area contributed by atoms with Gasteiger partial charge in [-0.2, -0.15) is 18.3 Å². The number of hydrazone groups is 1. The summed E-state index contributed by atoms with van der Waals surface area (Å²) >= 11 is 6.01. The quantitative estimate of drug-likeness (QED) is 0.128. The molecular formula is C32H40ClF3N10O5. The number of benzene rings is 1. The van der Waals surface area contributed by atoms with Gasteiger partial charge in [0.05, 0.1) is 41.6 Å². The van der Waals surface area contributed by atoms with Crippen LogP contribution >= 0.6 is 11.6 Å². The first-order valence-electron chi connectivity index (χ1n) is 16.1. The molecule has 0 unspecified atom stereocenters. The van der Waals surface area contributed by atoms with Gasteiger partial charge in [0.15, 0.2) is 11.4 Å². The predicted molar refractivity (Wildman–Crippen MR) is 183 cm³/mol. The van der Waals surface area contributed by atoms with Crippen molar-refractivity contribution in [3.63, 3.8) is 0 Å². The smallest absolute Gasteiger partial charge is 0.416 e. The fraction of sp³-hybridized carbons (Fsp3) is 0.469. The van der Waals surface area contributed by atoms with Crippen molar-refractivity contribution in [3.05, 3.63) is 57.9 Å². The van der Waals surface area contributed by atoms with E-state index in [0.717, 1.165) is 36.7 Å². The average Bonchev–Trinajstić information content (AvgIpc) is 3.38. The molecule has 0 radical (unpaired) electrons. The highest BCUT2D eigenvalue weighted by atomic mass is 35.5. The summed E-state index contributed by atoms with van der Waals surface area (Å²) in [5.41, 5.74) is -0.352. The monoisotopic (exact) mass is 736 g/mol. The van der Waals surface area contributed by atoms with E-state index in [0.29, 0.717) is 38.1 Å². The van der Waals surface area contributed by atoms with Gasteiger partial charge in [-0.15, -0.1) is 0 Å². The summed E-state index contributed by atoms with van der Waals surface area (Å²) in [5.74, 6) is -2.30. The van der Waals surface area contributed by atoms with Crippen LogP contribution in [0.3, 0.4) is 0 Å². The van der Waals surface area contributed by atoms with Crippen molar-refractivity contribution in [1.82, 2.24) is 35.0 Å². The predicted octanol–water partition coefficient (Wildman–Crippen LogP) is 2.92. The number of nitrogens with zero attached hydrogens (tertiary/aromatic N) is 8. The van der Waals surface area contributed by atoms with Crippen LogP contribution in [0.2, 0.25) is 5.02 Å². The van der Waals surface area contributed by atoms with Crippen molar-refractivity contribution in [3.8, 4) is 5.75 Å². The minimum absolute atomic E-state index is 0.0873. The third-order valence-corrected chi connectivity index (χ3v) is 8.44. The maximum atomic E-state index is 14.1. The molecule has 51 heavy (non-hydrogen) atoms. The lowest BCUT2D eigenvalue weighted by Crippen LogP contribution is -2.51.